The smallest absolute Gasteiger partial charge is 0.119 e. The Morgan fingerprint density at radius 1 is 0.850 bits per heavy atom. The maximum atomic E-state index is 5.57. The van der Waals surface area contributed by atoms with E-state index in [1.807, 2.05) is 12.1 Å². The van der Waals surface area contributed by atoms with Gasteiger partial charge in [-0.3, -0.25) is 0 Å². The van der Waals surface area contributed by atoms with Gasteiger partial charge in [-0.2, -0.15) is 0 Å². The van der Waals surface area contributed by atoms with Gasteiger partial charge in [-0.1, -0.05) is 48.9 Å². The van der Waals surface area contributed by atoms with E-state index < -0.39 is 0 Å². The van der Waals surface area contributed by atoms with Gasteiger partial charge in [0.05, 0.1) is 6.61 Å². The van der Waals surface area contributed by atoms with Gasteiger partial charge >= 0.3 is 0 Å². The molecule has 0 saturated heterocycles. The summed E-state index contributed by atoms with van der Waals surface area (Å²) in [5.41, 5.74) is 3.90. The van der Waals surface area contributed by atoms with Crippen LogP contribution in [0.15, 0.2) is 48.5 Å². The van der Waals surface area contributed by atoms with Crippen molar-refractivity contribution in [2.45, 2.75) is 33.4 Å². The Morgan fingerprint density at radius 3 is 1.95 bits per heavy atom. The lowest BCUT2D eigenvalue weighted by atomic mass is 10.1. The third kappa shape index (κ3) is 4.71. The van der Waals surface area contributed by atoms with Crippen LogP contribution in [-0.4, -0.2) is 6.61 Å². The molecule has 20 heavy (non-hydrogen) atoms. The maximum absolute atomic E-state index is 5.57. The largest absolute Gasteiger partial charge is 0.494 e. The highest BCUT2D eigenvalue weighted by Gasteiger charge is 1.96. The number of benzene rings is 2. The van der Waals surface area contributed by atoms with Crippen LogP contribution in [0.5, 0.6) is 5.75 Å². The predicted molar refractivity (Wildman–Crippen MR) is 84.0 cm³/mol. The number of ether oxygens (including phenoxy) is 1. The van der Waals surface area contributed by atoms with Gasteiger partial charge in [0.25, 0.3) is 0 Å². The first-order valence-corrected chi connectivity index (χ1v) is 7.26. The summed E-state index contributed by atoms with van der Waals surface area (Å²) < 4.78 is 5.57. The van der Waals surface area contributed by atoms with Crippen LogP contribution in [0.2, 0.25) is 0 Å². The Kier molecular flexibility index (Phi) is 5.63. The normalized spacial score (nSPS) is 10.5. The Morgan fingerprint density at radius 2 is 1.40 bits per heavy atom. The lowest BCUT2D eigenvalue weighted by Crippen LogP contribution is -2.12. The van der Waals surface area contributed by atoms with Crippen LogP contribution in [-0.2, 0) is 13.1 Å². The lowest BCUT2D eigenvalue weighted by molar-refractivity contribution is 0.317. The molecule has 0 amide bonds. The molecule has 2 rings (SSSR count). The molecular formula is C18H23NO. The van der Waals surface area contributed by atoms with E-state index >= 15 is 0 Å². The molecule has 2 aromatic carbocycles. The van der Waals surface area contributed by atoms with Gasteiger partial charge in [0, 0.05) is 13.1 Å². The van der Waals surface area contributed by atoms with E-state index in [0.717, 1.165) is 31.9 Å². The topological polar surface area (TPSA) is 21.3 Å². The minimum atomic E-state index is 0.783. The zero-order valence-corrected chi connectivity index (χ0v) is 12.4. The zero-order valence-electron chi connectivity index (χ0n) is 12.4. The van der Waals surface area contributed by atoms with E-state index in [1.165, 1.54) is 16.7 Å². The number of rotatable bonds is 7. The molecule has 106 valence electrons. The molecule has 0 heterocycles. The molecular weight excluding hydrogens is 246 g/mol. The Hall–Kier alpha value is -1.80. The molecule has 2 nitrogen and oxygen atoms in total. The Balaban J connectivity index is 1.77. The summed E-state index contributed by atoms with van der Waals surface area (Å²) in [5.74, 6) is 0.953. The zero-order chi connectivity index (χ0) is 14.2. The molecule has 2 heteroatoms. The monoisotopic (exact) mass is 269 g/mol. The van der Waals surface area contributed by atoms with Crippen molar-refractivity contribution >= 4 is 0 Å². The van der Waals surface area contributed by atoms with E-state index in [-0.39, 0.29) is 0 Å². The number of aryl methyl sites for hydroxylation is 1. The highest BCUT2D eigenvalue weighted by atomic mass is 16.5. The molecule has 0 aliphatic carbocycles. The Bertz CT molecular complexity index is 502. The molecule has 0 saturated carbocycles. The summed E-state index contributed by atoms with van der Waals surface area (Å²) in [6.45, 7) is 6.78. The maximum Gasteiger partial charge on any atom is 0.119 e. The molecule has 0 bridgehead atoms. The third-order valence-electron chi connectivity index (χ3n) is 3.18. The molecule has 0 radical (unpaired) electrons. The van der Waals surface area contributed by atoms with Gasteiger partial charge in [-0.05, 0) is 36.6 Å². The first-order chi connectivity index (χ1) is 9.78. The molecule has 0 atom stereocenters. The lowest BCUT2D eigenvalue weighted by Gasteiger charge is -2.08. The van der Waals surface area contributed by atoms with E-state index in [2.05, 4.69) is 55.6 Å². The van der Waals surface area contributed by atoms with Crippen molar-refractivity contribution in [3.63, 3.8) is 0 Å². The second kappa shape index (κ2) is 7.71. The fraction of sp³-hybridized carbons (Fsp3) is 0.333. The van der Waals surface area contributed by atoms with Gasteiger partial charge in [0.2, 0.25) is 0 Å². The second-order valence-corrected chi connectivity index (χ2v) is 5.08. The molecule has 0 aliphatic rings. The first kappa shape index (κ1) is 14.6. The first-order valence-electron chi connectivity index (χ1n) is 7.26. The van der Waals surface area contributed by atoms with E-state index in [9.17, 15) is 0 Å². The molecule has 0 spiro atoms. The summed E-state index contributed by atoms with van der Waals surface area (Å²) in [6.07, 6.45) is 1.04. The van der Waals surface area contributed by atoms with Crippen LogP contribution in [0, 0.1) is 6.92 Å². The average Bonchev–Trinajstić information content (AvgIpc) is 2.48. The van der Waals surface area contributed by atoms with Gasteiger partial charge < -0.3 is 10.1 Å². The Labute approximate surface area is 121 Å². The standard InChI is InChI=1S/C18H23NO/c1-3-12-20-18-10-8-17(9-11-18)14-19-13-16-6-4-15(2)5-7-16/h4-11,19H,3,12-14H2,1-2H3. The minimum Gasteiger partial charge on any atom is -0.494 e. The third-order valence-corrected chi connectivity index (χ3v) is 3.18. The van der Waals surface area contributed by atoms with E-state index in [4.69, 9.17) is 4.74 Å². The molecule has 2 aromatic rings. The second-order valence-electron chi connectivity index (χ2n) is 5.08. The van der Waals surface area contributed by atoms with Crippen molar-refractivity contribution in [3.8, 4) is 5.75 Å². The summed E-state index contributed by atoms with van der Waals surface area (Å²) in [6, 6.07) is 17.0. The van der Waals surface area contributed by atoms with Crippen LogP contribution in [0.25, 0.3) is 0 Å². The minimum absolute atomic E-state index is 0.783. The van der Waals surface area contributed by atoms with Gasteiger partial charge in [0.15, 0.2) is 0 Å². The van der Waals surface area contributed by atoms with E-state index in [1.54, 1.807) is 0 Å². The van der Waals surface area contributed by atoms with Crippen molar-refractivity contribution in [2.24, 2.45) is 0 Å². The summed E-state index contributed by atoms with van der Waals surface area (Å²) in [4.78, 5) is 0. The van der Waals surface area contributed by atoms with Crippen molar-refractivity contribution in [2.75, 3.05) is 6.61 Å². The quantitative estimate of drug-likeness (QED) is 0.818. The van der Waals surface area contributed by atoms with Crippen molar-refractivity contribution < 1.29 is 4.74 Å². The highest BCUT2D eigenvalue weighted by molar-refractivity contribution is 5.27. The fourth-order valence-electron chi connectivity index (χ4n) is 1.98. The summed E-state index contributed by atoms with van der Waals surface area (Å²) in [7, 11) is 0. The fourth-order valence-corrected chi connectivity index (χ4v) is 1.98. The molecule has 0 aliphatic heterocycles. The molecule has 1 N–H and O–H groups in total. The van der Waals surface area contributed by atoms with Crippen molar-refractivity contribution in [3.05, 3.63) is 65.2 Å². The van der Waals surface area contributed by atoms with E-state index in [0.29, 0.717) is 0 Å². The van der Waals surface area contributed by atoms with Crippen molar-refractivity contribution in [1.82, 2.24) is 5.32 Å². The van der Waals surface area contributed by atoms with Crippen LogP contribution >= 0.6 is 0 Å². The molecule has 0 aromatic heterocycles. The van der Waals surface area contributed by atoms with Crippen LogP contribution in [0.1, 0.15) is 30.0 Å². The predicted octanol–water partition coefficient (Wildman–Crippen LogP) is 4.07. The summed E-state index contributed by atoms with van der Waals surface area (Å²) >= 11 is 0. The van der Waals surface area contributed by atoms with Crippen molar-refractivity contribution in [1.29, 1.82) is 0 Å². The SMILES string of the molecule is CCCOc1ccc(CNCc2ccc(C)cc2)cc1. The number of hydrogen-bond acceptors (Lipinski definition) is 2. The number of hydrogen-bond donors (Lipinski definition) is 1. The van der Waals surface area contributed by atoms with Gasteiger partial charge in [-0.25, -0.2) is 0 Å². The van der Waals surface area contributed by atoms with Crippen LogP contribution in [0.3, 0.4) is 0 Å². The number of nitrogens with one attached hydrogen (secondary N) is 1. The average molecular weight is 269 g/mol. The molecule has 0 fully saturated rings. The summed E-state index contributed by atoms with van der Waals surface area (Å²) in [5, 5.41) is 3.46. The van der Waals surface area contributed by atoms with Crippen LogP contribution < -0.4 is 10.1 Å². The van der Waals surface area contributed by atoms with Crippen LogP contribution in [0.4, 0.5) is 0 Å². The highest BCUT2D eigenvalue weighted by Crippen LogP contribution is 2.12. The van der Waals surface area contributed by atoms with Gasteiger partial charge in [-0.15, -0.1) is 0 Å². The van der Waals surface area contributed by atoms with Gasteiger partial charge in [0.1, 0.15) is 5.75 Å². The molecule has 0 unspecified atom stereocenters.